The Hall–Kier alpha value is -1.45. The van der Waals surface area contributed by atoms with Crippen LogP contribution >= 0.6 is 0 Å². The Labute approximate surface area is 80.5 Å². The molecule has 0 aromatic heterocycles. The Morgan fingerprint density at radius 3 is 2.50 bits per heavy atom. The van der Waals surface area contributed by atoms with E-state index in [0.29, 0.717) is 23.0 Å². The van der Waals surface area contributed by atoms with Crippen LogP contribution in [0.4, 0.5) is 8.78 Å². The zero-order valence-corrected chi connectivity index (χ0v) is 7.88. The summed E-state index contributed by atoms with van der Waals surface area (Å²) in [6, 6.07) is 3.11. The molecule has 0 spiro atoms. The van der Waals surface area contributed by atoms with E-state index >= 15 is 0 Å². The molecule has 0 aliphatic rings. The van der Waals surface area contributed by atoms with Crippen LogP contribution in [0.25, 0.3) is 0 Å². The van der Waals surface area contributed by atoms with Crippen molar-refractivity contribution in [2.24, 2.45) is 0 Å². The average molecular weight is 200 g/mol. The lowest BCUT2D eigenvalue weighted by Gasteiger charge is -2.10. The molecule has 0 fully saturated rings. The number of carbonyl (C=O) groups is 1. The number of rotatable bonds is 3. The van der Waals surface area contributed by atoms with E-state index in [1.807, 2.05) is 0 Å². The van der Waals surface area contributed by atoms with E-state index in [2.05, 4.69) is 4.74 Å². The summed E-state index contributed by atoms with van der Waals surface area (Å²) in [5, 5.41) is 0. The summed E-state index contributed by atoms with van der Waals surface area (Å²) in [7, 11) is 0. The second-order valence-corrected chi connectivity index (χ2v) is 2.97. The van der Waals surface area contributed by atoms with Crippen LogP contribution in [0.2, 0.25) is 0 Å². The van der Waals surface area contributed by atoms with Gasteiger partial charge in [0.25, 0.3) is 0 Å². The molecule has 0 aliphatic heterocycles. The van der Waals surface area contributed by atoms with E-state index < -0.39 is 6.61 Å². The summed E-state index contributed by atoms with van der Waals surface area (Å²) in [5.74, 6) is 0.0575. The van der Waals surface area contributed by atoms with Crippen LogP contribution in [0.1, 0.15) is 21.5 Å². The quantitative estimate of drug-likeness (QED) is 0.701. The van der Waals surface area contributed by atoms with Crippen LogP contribution < -0.4 is 4.74 Å². The predicted octanol–water partition coefficient (Wildman–Crippen LogP) is 2.72. The fourth-order valence-corrected chi connectivity index (χ4v) is 1.19. The van der Waals surface area contributed by atoms with Crippen LogP contribution in [0, 0.1) is 13.8 Å². The maximum atomic E-state index is 12.0. The van der Waals surface area contributed by atoms with Crippen LogP contribution in [-0.2, 0) is 0 Å². The number of aldehydes is 1. The van der Waals surface area contributed by atoms with Gasteiger partial charge in [-0.3, -0.25) is 4.79 Å². The molecule has 1 rings (SSSR count). The van der Waals surface area contributed by atoms with E-state index in [1.54, 1.807) is 19.9 Å². The summed E-state index contributed by atoms with van der Waals surface area (Å²) >= 11 is 0. The van der Waals surface area contributed by atoms with Gasteiger partial charge in [-0.2, -0.15) is 8.78 Å². The zero-order chi connectivity index (χ0) is 10.7. The monoisotopic (exact) mass is 200 g/mol. The molecular weight excluding hydrogens is 190 g/mol. The minimum absolute atomic E-state index is 0.0575. The molecule has 0 N–H and O–H groups in total. The lowest BCUT2D eigenvalue weighted by atomic mass is 10.1. The topological polar surface area (TPSA) is 26.3 Å². The molecule has 4 heteroatoms. The third-order valence-electron chi connectivity index (χ3n) is 1.89. The van der Waals surface area contributed by atoms with Gasteiger partial charge in [0, 0.05) is 11.1 Å². The van der Waals surface area contributed by atoms with Crippen molar-refractivity contribution in [1.29, 1.82) is 0 Å². The Kier molecular flexibility index (Phi) is 3.17. The summed E-state index contributed by atoms with van der Waals surface area (Å²) < 4.78 is 28.2. The lowest BCUT2D eigenvalue weighted by molar-refractivity contribution is -0.0503. The number of benzene rings is 1. The molecule has 1 aromatic rings. The van der Waals surface area contributed by atoms with Crippen molar-refractivity contribution >= 4 is 6.29 Å². The number of hydrogen-bond acceptors (Lipinski definition) is 2. The standard InChI is InChI=1S/C10H10F2O2/c1-6-3-8(5-13)7(2)9(4-6)14-10(11)12/h3-5,10H,1-2H3. The molecule has 14 heavy (non-hydrogen) atoms. The van der Waals surface area contributed by atoms with Gasteiger partial charge in [-0.25, -0.2) is 0 Å². The van der Waals surface area contributed by atoms with E-state index in [-0.39, 0.29) is 5.75 Å². The van der Waals surface area contributed by atoms with Crippen LogP contribution in [0.15, 0.2) is 12.1 Å². The summed E-state index contributed by atoms with van der Waals surface area (Å²) in [4.78, 5) is 10.6. The number of alkyl halides is 2. The molecule has 0 saturated carbocycles. The van der Waals surface area contributed by atoms with E-state index in [4.69, 9.17) is 0 Å². The lowest BCUT2D eigenvalue weighted by Crippen LogP contribution is -2.05. The normalized spacial score (nSPS) is 10.4. The molecule has 76 valence electrons. The van der Waals surface area contributed by atoms with Crippen LogP contribution in [0.3, 0.4) is 0 Å². The van der Waals surface area contributed by atoms with Crippen LogP contribution in [-0.4, -0.2) is 12.9 Å². The Bertz CT molecular complexity index is 348. The maximum absolute atomic E-state index is 12.0. The SMILES string of the molecule is Cc1cc(C=O)c(C)c(OC(F)F)c1. The smallest absolute Gasteiger partial charge is 0.387 e. The van der Waals surface area contributed by atoms with Gasteiger partial charge in [0.15, 0.2) is 0 Å². The highest BCUT2D eigenvalue weighted by molar-refractivity contribution is 5.79. The largest absolute Gasteiger partial charge is 0.435 e. The second-order valence-electron chi connectivity index (χ2n) is 2.97. The molecular formula is C10H10F2O2. The minimum Gasteiger partial charge on any atom is -0.435 e. The van der Waals surface area contributed by atoms with Crippen molar-refractivity contribution in [3.63, 3.8) is 0 Å². The Balaban J connectivity index is 3.15. The van der Waals surface area contributed by atoms with E-state index in [1.165, 1.54) is 6.07 Å². The number of hydrogen-bond donors (Lipinski definition) is 0. The molecule has 0 saturated heterocycles. The summed E-state index contributed by atoms with van der Waals surface area (Å²) in [5.41, 5.74) is 1.53. The van der Waals surface area contributed by atoms with E-state index in [0.717, 1.165) is 0 Å². The third kappa shape index (κ3) is 2.28. The highest BCUT2D eigenvalue weighted by atomic mass is 19.3. The molecule has 0 amide bonds. The molecule has 0 bridgehead atoms. The molecule has 2 nitrogen and oxygen atoms in total. The van der Waals surface area contributed by atoms with E-state index in [9.17, 15) is 13.6 Å². The molecule has 0 unspecified atom stereocenters. The summed E-state index contributed by atoms with van der Waals surface area (Å²) in [6.45, 7) is 0.418. The van der Waals surface area contributed by atoms with Gasteiger partial charge < -0.3 is 4.74 Å². The van der Waals surface area contributed by atoms with Gasteiger partial charge in [-0.05, 0) is 31.5 Å². The number of ether oxygens (including phenoxy) is 1. The van der Waals surface area contributed by atoms with Gasteiger partial charge in [0.05, 0.1) is 0 Å². The number of carbonyl (C=O) groups excluding carboxylic acids is 1. The second kappa shape index (κ2) is 4.17. The zero-order valence-electron chi connectivity index (χ0n) is 7.88. The van der Waals surface area contributed by atoms with Crippen LogP contribution in [0.5, 0.6) is 5.75 Å². The van der Waals surface area contributed by atoms with Gasteiger partial charge in [-0.1, -0.05) is 0 Å². The molecule has 0 atom stereocenters. The Morgan fingerprint density at radius 1 is 1.36 bits per heavy atom. The third-order valence-corrected chi connectivity index (χ3v) is 1.89. The van der Waals surface area contributed by atoms with Crippen molar-refractivity contribution in [3.05, 3.63) is 28.8 Å². The number of aryl methyl sites for hydroxylation is 1. The molecule has 0 radical (unpaired) electrons. The average Bonchev–Trinajstić information content (AvgIpc) is 2.09. The van der Waals surface area contributed by atoms with Crippen molar-refractivity contribution in [3.8, 4) is 5.75 Å². The van der Waals surface area contributed by atoms with Gasteiger partial charge in [0.1, 0.15) is 12.0 Å². The summed E-state index contributed by atoms with van der Waals surface area (Å²) in [6.07, 6.45) is 0.626. The fraction of sp³-hybridized carbons (Fsp3) is 0.300. The van der Waals surface area contributed by atoms with Crippen molar-refractivity contribution in [2.75, 3.05) is 0 Å². The molecule has 0 aliphatic carbocycles. The first-order chi connectivity index (χ1) is 6.54. The maximum Gasteiger partial charge on any atom is 0.387 e. The Morgan fingerprint density at radius 2 is 2.00 bits per heavy atom. The minimum atomic E-state index is -2.87. The first kappa shape index (κ1) is 10.6. The highest BCUT2D eigenvalue weighted by Crippen LogP contribution is 2.24. The molecule has 0 heterocycles. The number of halogens is 2. The first-order valence-electron chi connectivity index (χ1n) is 4.06. The first-order valence-corrected chi connectivity index (χ1v) is 4.06. The van der Waals surface area contributed by atoms with Gasteiger partial charge in [-0.15, -0.1) is 0 Å². The van der Waals surface area contributed by atoms with Crippen molar-refractivity contribution < 1.29 is 18.3 Å². The van der Waals surface area contributed by atoms with Gasteiger partial charge in [0.2, 0.25) is 0 Å². The van der Waals surface area contributed by atoms with Gasteiger partial charge >= 0.3 is 6.61 Å². The van der Waals surface area contributed by atoms with Crippen molar-refractivity contribution in [2.45, 2.75) is 20.5 Å². The predicted molar refractivity (Wildman–Crippen MR) is 47.9 cm³/mol. The molecule has 1 aromatic carbocycles. The van der Waals surface area contributed by atoms with Crippen molar-refractivity contribution in [1.82, 2.24) is 0 Å². The highest BCUT2D eigenvalue weighted by Gasteiger charge is 2.10. The fourth-order valence-electron chi connectivity index (χ4n) is 1.19.